The molecule has 2 aliphatic rings. The number of alkyl carbamates (subject to hydrolysis) is 1. The first-order chi connectivity index (χ1) is 26.3. The highest BCUT2D eigenvalue weighted by atomic mass is 19.1. The van der Waals surface area contributed by atoms with Crippen molar-refractivity contribution in [1.29, 1.82) is 0 Å². The van der Waals surface area contributed by atoms with Gasteiger partial charge in [0, 0.05) is 24.2 Å². The van der Waals surface area contributed by atoms with Crippen LogP contribution in [0.4, 0.5) is 18.4 Å². The van der Waals surface area contributed by atoms with Crippen LogP contribution in [0.3, 0.4) is 0 Å². The molecule has 0 unspecified atom stereocenters. The lowest BCUT2D eigenvalue weighted by atomic mass is 9.71. The molecule has 0 saturated carbocycles. The van der Waals surface area contributed by atoms with Crippen molar-refractivity contribution in [3.8, 4) is 33.6 Å². The monoisotopic (exact) mass is 751 g/mol. The zero-order chi connectivity index (χ0) is 39.1. The minimum atomic E-state index is -1.02. The van der Waals surface area contributed by atoms with Gasteiger partial charge in [0.15, 0.2) is 0 Å². The average Bonchev–Trinajstić information content (AvgIpc) is 4.00. The number of nitrogens with zero attached hydrogens (tertiary/aromatic N) is 4. The summed E-state index contributed by atoms with van der Waals surface area (Å²) in [6.45, 7) is 6.76. The Kier molecular flexibility index (Phi) is 9.93. The standard InChI is InChI=1S/C41H43F2N7O5/c1-40(2,3)41(17-9-19-50(41)39(53)54)37-45-23-32(47-37)28-16-14-26(21-30(28)43)25-13-15-27(29(42)20-25)31-22-44-35(46-31)33-12-8-18-49(33)36(51)34(48-38(52)55-4)24-10-6-5-7-11-24/h5-7,10-11,13-16,20-23,33-34H,8-9,12,17-19H2,1-4H3,(H,44,46)(H,45,47)(H,48,52)(H,53,54)/t33-,34+,41+/m0/s1. The summed E-state index contributed by atoms with van der Waals surface area (Å²) in [7, 11) is 1.24. The van der Waals surface area contributed by atoms with Crippen LogP contribution in [0.5, 0.6) is 0 Å². The number of likely N-dealkylation sites (tertiary alicyclic amines) is 2. The fraction of sp³-hybridized carbons (Fsp3) is 0.341. The maximum Gasteiger partial charge on any atom is 0.408 e. The quantitative estimate of drug-likeness (QED) is 0.125. The number of aromatic amines is 2. The SMILES string of the molecule is COC(=O)N[C@@H](C(=O)N1CCC[C@H]1c1ncc(-c2ccc(-c3ccc(-c4cnc([C@@]5(C(C)(C)C)CCCN5C(=O)O)[nH]4)c(F)c3)cc2F)[nH]1)c1ccccc1. The molecule has 0 bridgehead atoms. The number of H-pyrrole nitrogens is 2. The number of rotatable bonds is 8. The van der Waals surface area contributed by atoms with Crippen molar-refractivity contribution >= 4 is 18.1 Å². The van der Waals surface area contributed by atoms with Crippen molar-refractivity contribution in [1.82, 2.24) is 35.1 Å². The molecule has 2 aromatic heterocycles. The Morgan fingerprint density at radius 3 is 2.15 bits per heavy atom. The zero-order valence-corrected chi connectivity index (χ0v) is 31.0. The first-order valence-electron chi connectivity index (χ1n) is 18.2. The lowest BCUT2D eigenvalue weighted by molar-refractivity contribution is -0.134. The first kappa shape index (κ1) is 37.3. The van der Waals surface area contributed by atoms with Crippen molar-refractivity contribution in [3.63, 3.8) is 0 Å². The Morgan fingerprint density at radius 2 is 1.55 bits per heavy atom. The van der Waals surface area contributed by atoms with E-state index in [2.05, 4.69) is 25.3 Å². The van der Waals surface area contributed by atoms with E-state index in [0.717, 1.165) is 0 Å². The van der Waals surface area contributed by atoms with Gasteiger partial charge in [0.2, 0.25) is 0 Å². The highest BCUT2D eigenvalue weighted by Crippen LogP contribution is 2.50. The number of halogens is 2. The van der Waals surface area contributed by atoms with Crippen LogP contribution in [-0.2, 0) is 15.1 Å². The van der Waals surface area contributed by atoms with Crippen LogP contribution in [0.25, 0.3) is 33.6 Å². The number of benzene rings is 3. The summed E-state index contributed by atoms with van der Waals surface area (Å²) in [6, 6.07) is 16.8. The van der Waals surface area contributed by atoms with Crippen LogP contribution < -0.4 is 5.32 Å². The molecule has 4 heterocycles. The number of ether oxygens (including phenoxy) is 1. The number of hydrogen-bond donors (Lipinski definition) is 4. The lowest BCUT2D eigenvalue weighted by Crippen LogP contribution is -2.53. The van der Waals surface area contributed by atoms with Gasteiger partial charge in [-0.2, -0.15) is 0 Å². The van der Waals surface area contributed by atoms with E-state index >= 15 is 8.78 Å². The zero-order valence-electron chi connectivity index (χ0n) is 31.0. The van der Waals surface area contributed by atoms with Crippen molar-refractivity contribution < 1.29 is 33.0 Å². The van der Waals surface area contributed by atoms with Gasteiger partial charge in [-0.25, -0.2) is 28.3 Å². The Labute approximate surface area is 317 Å². The third-order valence-corrected chi connectivity index (χ3v) is 10.9. The van der Waals surface area contributed by atoms with Gasteiger partial charge in [-0.05, 0) is 72.1 Å². The van der Waals surface area contributed by atoms with Crippen LogP contribution in [0.15, 0.2) is 79.1 Å². The summed E-state index contributed by atoms with van der Waals surface area (Å²) < 4.78 is 36.3. The van der Waals surface area contributed by atoms with E-state index in [0.29, 0.717) is 78.5 Å². The second kappa shape index (κ2) is 14.6. The third-order valence-electron chi connectivity index (χ3n) is 10.9. The van der Waals surface area contributed by atoms with Gasteiger partial charge in [-0.3, -0.25) is 9.69 Å². The first-order valence-corrected chi connectivity index (χ1v) is 18.2. The molecule has 55 heavy (non-hydrogen) atoms. The van der Waals surface area contributed by atoms with E-state index in [1.165, 1.54) is 36.5 Å². The Hall–Kier alpha value is -6.05. The van der Waals surface area contributed by atoms with Crippen molar-refractivity contribution in [2.24, 2.45) is 5.41 Å². The van der Waals surface area contributed by atoms with E-state index in [4.69, 9.17) is 4.74 Å². The average molecular weight is 752 g/mol. The molecule has 2 aliphatic heterocycles. The Balaban J connectivity index is 1.10. The van der Waals surface area contributed by atoms with Gasteiger partial charge in [0.05, 0.1) is 36.9 Å². The molecule has 3 atom stereocenters. The van der Waals surface area contributed by atoms with Gasteiger partial charge < -0.3 is 30.0 Å². The van der Waals surface area contributed by atoms with Crippen LogP contribution in [0, 0.1) is 17.0 Å². The molecule has 3 amide bonds. The summed E-state index contributed by atoms with van der Waals surface area (Å²) in [4.78, 5) is 56.9. The number of carbonyl (C=O) groups excluding carboxylic acids is 2. The molecule has 0 aliphatic carbocycles. The van der Waals surface area contributed by atoms with E-state index in [1.54, 1.807) is 53.4 Å². The lowest BCUT2D eigenvalue weighted by Gasteiger charge is -2.45. The number of nitrogens with one attached hydrogen (secondary N) is 3. The van der Waals surface area contributed by atoms with E-state index in [-0.39, 0.29) is 17.0 Å². The maximum absolute atomic E-state index is 15.8. The second-order valence-corrected chi connectivity index (χ2v) is 15.0. The van der Waals surface area contributed by atoms with Gasteiger partial charge >= 0.3 is 12.2 Å². The summed E-state index contributed by atoms with van der Waals surface area (Å²) in [5, 5.41) is 12.6. The van der Waals surface area contributed by atoms with Gasteiger partial charge in [0.1, 0.15) is 34.9 Å². The predicted octanol–water partition coefficient (Wildman–Crippen LogP) is 8.19. The topological polar surface area (TPSA) is 157 Å². The molecule has 0 spiro atoms. The van der Waals surface area contributed by atoms with Crippen molar-refractivity contribution in [3.05, 3.63) is 108 Å². The summed E-state index contributed by atoms with van der Waals surface area (Å²) in [5.41, 5.74) is 1.49. The molecule has 7 rings (SSSR count). The molecule has 286 valence electrons. The van der Waals surface area contributed by atoms with Gasteiger partial charge in [-0.15, -0.1) is 0 Å². The fourth-order valence-corrected chi connectivity index (χ4v) is 8.19. The van der Waals surface area contributed by atoms with Crippen LogP contribution in [-0.4, -0.2) is 73.1 Å². The molecule has 4 N–H and O–H groups in total. The Bertz CT molecular complexity index is 2230. The number of hydrogen-bond acceptors (Lipinski definition) is 6. The fourth-order valence-electron chi connectivity index (χ4n) is 8.19. The third kappa shape index (κ3) is 6.81. The van der Waals surface area contributed by atoms with E-state index in [1.807, 2.05) is 26.8 Å². The molecular weight excluding hydrogens is 708 g/mol. The molecule has 12 nitrogen and oxygen atoms in total. The molecule has 5 aromatic rings. The van der Waals surface area contributed by atoms with Crippen LogP contribution in [0.1, 0.15) is 75.8 Å². The molecular formula is C41H43F2N7O5. The Morgan fingerprint density at radius 1 is 0.909 bits per heavy atom. The normalized spacial score (nSPS) is 19.1. The smallest absolute Gasteiger partial charge is 0.408 e. The number of amides is 3. The predicted molar refractivity (Wildman–Crippen MR) is 200 cm³/mol. The van der Waals surface area contributed by atoms with Gasteiger partial charge in [-0.1, -0.05) is 63.2 Å². The number of aromatic nitrogens is 4. The van der Waals surface area contributed by atoms with E-state index < -0.39 is 46.9 Å². The summed E-state index contributed by atoms with van der Waals surface area (Å²) in [6.07, 6.45) is 3.90. The van der Waals surface area contributed by atoms with Gasteiger partial charge in [0.25, 0.3) is 5.91 Å². The number of carbonyl (C=O) groups is 3. The van der Waals surface area contributed by atoms with Crippen molar-refractivity contribution in [2.45, 2.75) is 64.1 Å². The largest absolute Gasteiger partial charge is 0.465 e. The number of methoxy groups -OCH3 is 1. The summed E-state index contributed by atoms with van der Waals surface area (Å²) >= 11 is 0. The number of imidazole rings is 2. The van der Waals surface area contributed by atoms with Crippen LogP contribution in [0.2, 0.25) is 0 Å². The highest BCUT2D eigenvalue weighted by molar-refractivity contribution is 5.87. The summed E-state index contributed by atoms with van der Waals surface area (Å²) in [5.74, 6) is -0.448. The van der Waals surface area contributed by atoms with Crippen LogP contribution >= 0.6 is 0 Å². The molecule has 2 fully saturated rings. The minimum absolute atomic E-state index is 0.254. The molecule has 14 heteroatoms. The second-order valence-electron chi connectivity index (χ2n) is 15.0. The highest BCUT2D eigenvalue weighted by Gasteiger charge is 2.55. The van der Waals surface area contributed by atoms with E-state index in [9.17, 15) is 19.5 Å². The maximum atomic E-state index is 15.8. The van der Waals surface area contributed by atoms with Crippen molar-refractivity contribution in [2.75, 3.05) is 20.2 Å². The molecule has 2 saturated heterocycles. The molecule has 3 aromatic carbocycles. The molecule has 0 radical (unpaired) electrons. The minimum Gasteiger partial charge on any atom is -0.465 e. The number of carboxylic acid groups (broad SMARTS) is 1.